The van der Waals surface area contributed by atoms with E-state index < -0.39 is 0 Å². The molecule has 0 saturated heterocycles. The van der Waals surface area contributed by atoms with E-state index in [2.05, 4.69) is 22.6 Å². The molecule has 2 aromatic rings. The van der Waals surface area contributed by atoms with E-state index in [0.717, 1.165) is 9.13 Å². The van der Waals surface area contributed by atoms with Crippen molar-refractivity contribution in [3.63, 3.8) is 0 Å². The van der Waals surface area contributed by atoms with Crippen molar-refractivity contribution in [3.8, 4) is 0 Å². The van der Waals surface area contributed by atoms with E-state index in [1.165, 1.54) is 0 Å². The first-order valence-corrected chi connectivity index (χ1v) is 6.30. The van der Waals surface area contributed by atoms with E-state index in [-0.39, 0.29) is 5.97 Å². The zero-order valence-electron chi connectivity index (χ0n) is 9.10. The molecule has 3 heteroatoms. The first-order valence-electron chi connectivity index (χ1n) is 5.22. The monoisotopic (exact) mass is 336 g/mol. The number of hydrogen-bond donors (Lipinski definition) is 0. The Bertz CT molecular complexity index is 509. The highest BCUT2D eigenvalue weighted by molar-refractivity contribution is 14.1. The normalized spacial score (nSPS) is 9.94. The predicted molar refractivity (Wildman–Crippen MR) is 74.7 cm³/mol. The third kappa shape index (κ3) is 3.56. The van der Waals surface area contributed by atoms with Crippen LogP contribution in [0.5, 0.6) is 0 Å². The van der Waals surface area contributed by atoms with Crippen molar-refractivity contribution in [3.05, 3.63) is 69.3 Å². The predicted octanol–water partition coefficient (Wildman–Crippen LogP) is 3.65. The molecule has 86 valence electrons. The summed E-state index contributed by atoms with van der Waals surface area (Å²) in [6.45, 7) is 0.311. The van der Waals surface area contributed by atoms with E-state index in [0.29, 0.717) is 12.2 Å². The van der Waals surface area contributed by atoms with Crippen molar-refractivity contribution < 1.29 is 9.53 Å². The topological polar surface area (TPSA) is 26.3 Å². The lowest BCUT2D eigenvalue weighted by Crippen LogP contribution is -2.05. The summed E-state index contributed by atoms with van der Waals surface area (Å²) in [5.74, 6) is -0.285. The first-order chi connectivity index (χ1) is 8.25. The van der Waals surface area contributed by atoms with Crippen molar-refractivity contribution in [2.45, 2.75) is 6.61 Å². The first kappa shape index (κ1) is 12.1. The number of benzene rings is 2. The SMILES string of the molecule is O=C(OCc1ccccc1)c1cccc([125I])c1. The van der Waals surface area contributed by atoms with Crippen molar-refractivity contribution in [2.75, 3.05) is 0 Å². The van der Waals surface area contributed by atoms with Gasteiger partial charge in [-0.15, -0.1) is 0 Å². The van der Waals surface area contributed by atoms with Crippen molar-refractivity contribution in [1.82, 2.24) is 0 Å². The van der Waals surface area contributed by atoms with E-state index in [9.17, 15) is 4.79 Å². The lowest BCUT2D eigenvalue weighted by Gasteiger charge is -2.05. The summed E-state index contributed by atoms with van der Waals surface area (Å²) < 4.78 is 6.25. The summed E-state index contributed by atoms with van der Waals surface area (Å²) in [6, 6.07) is 17.0. The number of rotatable bonds is 3. The lowest BCUT2D eigenvalue weighted by molar-refractivity contribution is 0.0472. The number of halogens is 1. The molecule has 0 heterocycles. The molecule has 0 fully saturated rings. The van der Waals surface area contributed by atoms with Crippen LogP contribution in [-0.4, -0.2) is 5.97 Å². The standard InChI is InChI=1S/C14H11IO2/c15-13-8-4-7-12(9-13)14(16)17-10-11-5-2-1-3-6-11/h1-9H,10H2/i15-2. The summed E-state index contributed by atoms with van der Waals surface area (Å²) >= 11 is 2.17. The molecule has 0 bridgehead atoms. The molecule has 0 aromatic heterocycles. The molecule has 0 radical (unpaired) electrons. The Hall–Kier alpha value is -1.36. The van der Waals surface area contributed by atoms with E-state index in [1.54, 1.807) is 6.07 Å². The molecule has 0 spiro atoms. The average molecular weight is 336 g/mol. The Morgan fingerprint density at radius 2 is 1.82 bits per heavy atom. The van der Waals surface area contributed by atoms with E-state index >= 15 is 0 Å². The second-order valence-corrected chi connectivity index (χ2v) is 4.82. The van der Waals surface area contributed by atoms with Crippen LogP contribution in [0.1, 0.15) is 15.9 Å². The van der Waals surface area contributed by atoms with Gasteiger partial charge in [0.15, 0.2) is 0 Å². The van der Waals surface area contributed by atoms with Gasteiger partial charge < -0.3 is 4.74 Å². The Labute approximate surface area is 114 Å². The van der Waals surface area contributed by atoms with Gasteiger partial charge in [-0.25, -0.2) is 4.79 Å². The minimum Gasteiger partial charge on any atom is -0.457 e. The molecule has 0 amide bonds. The van der Waals surface area contributed by atoms with Crippen molar-refractivity contribution >= 4 is 28.6 Å². The Balaban J connectivity index is 1.98. The minimum absolute atomic E-state index is 0.285. The van der Waals surface area contributed by atoms with Crippen LogP contribution in [0.2, 0.25) is 0 Å². The Kier molecular flexibility index (Phi) is 4.14. The molecule has 0 unspecified atom stereocenters. The van der Waals surface area contributed by atoms with Crippen LogP contribution in [0.15, 0.2) is 54.6 Å². The maximum absolute atomic E-state index is 11.7. The summed E-state index contributed by atoms with van der Waals surface area (Å²) in [5, 5.41) is 0. The molecule has 0 aliphatic rings. The van der Waals surface area contributed by atoms with Gasteiger partial charge in [0.1, 0.15) is 6.61 Å². The maximum Gasteiger partial charge on any atom is 0.338 e. The zero-order valence-corrected chi connectivity index (χ0v) is 11.3. The van der Waals surface area contributed by atoms with E-state index in [1.807, 2.05) is 48.5 Å². The number of hydrogen-bond acceptors (Lipinski definition) is 2. The third-order valence-electron chi connectivity index (χ3n) is 2.27. The number of carbonyl (C=O) groups is 1. The van der Waals surface area contributed by atoms with Crippen LogP contribution in [0.3, 0.4) is 0 Å². The molecule has 0 atom stereocenters. The van der Waals surface area contributed by atoms with Gasteiger partial charge in [-0.3, -0.25) is 0 Å². The molecular weight excluding hydrogens is 325 g/mol. The second-order valence-electron chi connectivity index (χ2n) is 3.57. The molecule has 2 nitrogen and oxygen atoms in total. The highest BCUT2D eigenvalue weighted by atomic mass is 125. The lowest BCUT2D eigenvalue weighted by atomic mass is 10.2. The van der Waals surface area contributed by atoms with Crippen LogP contribution in [0.4, 0.5) is 0 Å². The Morgan fingerprint density at radius 3 is 2.53 bits per heavy atom. The van der Waals surface area contributed by atoms with Crippen molar-refractivity contribution in [2.24, 2.45) is 0 Å². The highest BCUT2D eigenvalue weighted by Gasteiger charge is 2.07. The van der Waals surface area contributed by atoms with Crippen LogP contribution >= 0.6 is 22.6 Å². The largest absolute Gasteiger partial charge is 0.457 e. The van der Waals surface area contributed by atoms with Gasteiger partial charge in [-0.05, 0) is 46.4 Å². The fourth-order valence-corrected chi connectivity index (χ4v) is 1.97. The van der Waals surface area contributed by atoms with Crippen LogP contribution in [0.25, 0.3) is 0 Å². The second kappa shape index (κ2) is 5.82. The van der Waals surface area contributed by atoms with Gasteiger partial charge in [0.25, 0.3) is 0 Å². The molecule has 0 aliphatic heterocycles. The molecule has 2 aromatic carbocycles. The highest BCUT2D eigenvalue weighted by Crippen LogP contribution is 2.10. The van der Waals surface area contributed by atoms with Gasteiger partial charge in [0.05, 0.1) is 5.56 Å². The fourth-order valence-electron chi connectivity index (χ4n) is 1.42. The summed E-state index contributed by atoms with van der Waals surface area (Å²) in [4.78, 5) is 11.7. The molecule has 0 aliphatic carbocycles. The van der Waals surface area contributed by atoms with Gasteiger partial charge in [0, 0.05) is 3.57 Å². The zero-order chi connectivity index (χ0) is 12.1. The van der Waals surface area contributed by atoms with Gasteiger partial charge in [-0.2, -0.15) is 0 Å². The smallest absolute Gasteiger partial charge is 0.338 e. The molecule has 17 heavy (non-hydrogen) atoms. The summed E-state index contributed by atoms with van der Waals surface area (Å²) in [5.41, 5.74) is 1.58. The number of carbonyl (C=O) groups excluding carboxylic acids is 1. The molecular formula is C14H11IO2. The van der Waals surface area contributed by atoms with Gasteiger partial charge in [0.2, 0.25) is 0 Å². The fraction of sp³-hybridized carbons (Fsp3) is 0.0714. The van der Waals surface area contributed by atoms with E-state index in [4.69, 9.17) is 4.74 Å². The number of esters is 1. The maximum atomic E-state index is 11.7. The Morgan fingerprint density at radius 1 is 1.06 bits per heavy atom. The third-order valence-corrected chi connectivity index (χ3v) is 2.94. The minimum atomic E-state index is -0.285. The molecule has 0 N–H and O–H groups in total. The quantitative estimate of drug-likeness (QED) is 0.632. The van der Waals surface area contributed by atoms with Crippen LogP contribution < -0.4 is 0 Å². The average Bonchev–Trinajstić information content (AvgIpc) is 2.37. The summed E-state index contributed by atoms with van der Waals surface area (Å²) in [6.07, 6.45) is 0. The van der Waals surface area contributed by atoms with Gasteiger partial charge >= 0.3 is 5.97 Å². The molecule has 2 rings (SSSR count). The van der Waals surface area contributed by atoms with Crippen LogP contribution in [-0.2, 0) is 11.3 Å². The number of ether oxygens (including phenoxy) is 1. The molecule has 0 saturated carbocycles. The van der Waals surface area contributed by atoms with Crippen LogP contribution in [0, 0.1) is 3.57 Å². The summed E-state index contributed by atoms with van der Waals surface area (Å²) in [7, 11) is 0. The van der Waals surface area contributed by atoms with Crippen molar-refractivity contribution in [1.29, 1.82) is 0 Å². The van der Waals surface area contributed by atoms with Gasteiger partial charge in [-0.1, -0.05) is 36.4 Å².